The number of imidazole rings is 1. The molecule has 0 radical (unpaired) electrons. The maximum absolute atomic E-state index is 9.30. The van der Waals surface area contributed by atoms with Crippen LogP contribution in [0, 0.1) is 16.7 Å². The number of aromatic nitrogens is 3. The lowest BCUT2D eigenvalue weighted by Gasteiger charge is -2.43. The van der Waals surface area contributed by atoms with Crippen molar-refractivity contribution in [3.05, 3.63) is 65.4 Å². The first-order chi connectivity index (χ1) is 15.4. The van der Waals surface area contributed by atoms with Crippen LogP contribution in [0.3, 0.4) is 0 Å². The van der Waals surface area contributed by atoms with E-state index < -0.39 is 0 Å². The van der Waals surface area contributed by atoms with E-state index in [4.69, 9.17) is 16.3 Å². The molecule has 32 heavy (non-hydrogen) atoms. The molecule has 1 spiro atoms. The van der Waals surface area contributed by atoms with Gasteiger partial charge in [0, 0.05) is 12.7 Å². The van der Waals surface area contributed by atoms with Crippen LogP contribution in [-0.4, -0.2) is 26.7 Å². The van der Waals surface area contributed by atoms with Gasteiger partial charge in [-0.2, -0.15) is 5.26 Å². The first-order valence-corrected chi connectivity index (χ1v) is 11.4. The fourth-order valence-electron chi connectivity index (χ4n) is 5.46. The van der Waals surface area contributed by atoms with Crippen LogP contribution >= 0.6 is 11.6 Å². The van der Waals surface area contributed by atoms with Gasteiger partial charge in [-0.3, -0.25) is 4.90 Å². The zero-order chi connectivity index (χ0) is 22.3. The van der Waals surface area contributed by atoms with Crippen molar-refractivity contribution < 1.29 is 4.74 Å². The van der Waals surface area contributed by atoms with Crippen molar-refractivity contribution in [3.8, 4) is 6.07 Å². The van der Waals surface area contributed by atoms with Gasteiger partial charge < -0.3 is 9.30 Å². The fourth-order valence-corrected chi connectivity index (χ4v) is 5.68. The Kier molecular flexibility index (Phi) is 5.10. The second-order valence-corrected chi connectivity index (χ2v) is 9.74. The standard InChI is InChI=1S/C25H26ClN5O/c1-3-22-31(23-19(26)6-4-11-28-23)16-25(32-22)10-5-9-24(2,14-25)15-30-17-29-20-8-7-18(13-27)12-21(20)30/h3-4,6-8,11-12,17H,5,9-10,14-16H2,1-2H3/t24-,25-/m0/s1. The van der Waals surface area contributed by atoms with Gasteiger partial charge in [-0.1, -0.05) is 18.5 Å². The summed E-state index contributed by atoms with van der Waals surface area (Å²) < 4.78 is 8.81. The number of nitriles is 1. The SMILES string of the molecule is CC=C1O[C@]2(CCC[C@](C)(Cn3cnc4ccc(C#N)cc43)C2)CN1c1ncccc1Cl. The molecule has 1 aromatic carbocycles. The van der Waals surface area contributed by atoms with Crippen LogP contribution in [0.5, 0.6) is 0 Å². The summed E-state index contributed by atoms with van der Waals surface area (Å²) in [5, 5.41) is 9.93. The van der Waals surface area contributed by atoms with Gasteiger partial charge in [-0.25, -0.2) is 9.97 Å². The number of hydrogen-bond donors (Lipinski definition) is 0. The molecule has 0 bridgehead atoms. The normalized spacial score (nSPS) is 26.6. The lowest BCUT2D eigenvalue weighted by atomic mass is 9.68. The number of anilines is 1. The minimum atomic E-state index is -0.274. The number of allylic oxidation sites excluding steroid dienone is 1. The van der Waals surface area contributed by atoms with Gasteiger partial charge in [-0.15, -0.1) is 0 Å². The van der Waals surface area contributed by atoms with Gasteiger partial charge >= 0.3 is 0 Å². The second kappa shape index (κ2) is 7.83. The van der Waals surface area contributed by atoms with Crippen LogP contribution in [0.25, 0.3) is 11.0 Å². The Balaban J connectivity index is 1.43. The molecule has 0 N–H and O–H groups in total. The van der Waals surface area contributed by atoms with Crippen molar-refractivity contribution in [2.75, 3.05) is 11.4 Å². The Morgan fingerprint density at radius 2 is 2.16 bits per heavy atom. The Labute approximate surface area is 193 Å². The fraction of sp³-hybridized carbons (Fsp3) is 0.400. The highest BCUT2D eigenvalue weighted by Gasteiger charge is 2.50. The molecule has 0 amide bonds. The Morgan fingerprint density at radius 1 is 1.28 bits per heavy atom. The molecule has 2 fully saturated rings. The number of nitrogens with zero attached hydrogens (tertiary/aromatic N) is 5. The molecule has 0 unspecified atom stereocenters. The summed E-state index contributed by atoms with van der Waals surface area (Å²) >= 11 is 6.46. The van der Waals surface area contributed by atoms with Gasteiger partial charge in [0.1, 0.15) is 5.60 Å². The quantitative estimate of drug-likeness (QED) is 0.517. The average Bonchev–Trinajstić information content (AvgIpc) is 3.34. The van der Waals surface area contributed by atoms with E-state index in [1.807, 2.05) is 49.7 Å². The molecule has 3 aromatic rings. The summed E-state index contributed by atoms with van der Waals surface area (Å²) in [4.78, 5) is 11.2. The second-order valence-electron chi connectivity index (χ2n) is 9.34. The number of pyridine rings is 1. The first kappa shape index (κ1) is 20.8. The van der Waals surface area contributed by atoms with Crippen molar-refractivity contribution in [2.24, 2.45) is 5.41 Å². The van der Waals surface area contributed by atoms with E-state index in [-0.39, 0.29) is 11.0 Å². The predicted octanol–water partition coefficient (Wildman–Crippen LogP) is 5.67. The first-order valence-electron chi connectivity index (χ1n) is 11.0. The van der Waals surface area contributed by atoms with Gasteiger partial charge in [-0.05, 0) is 74.4 Å². The van der Waals surface area contributed by atoms with Crippen LogP contribution in [0.2, 0.25) is 5.02 Å². The molecule has 1 aliphatic carbocycles. The van der Waals surface area contributed by atoms with E-state index in [0.717, 1.165) is 61.5 Å². The molecule has 1 saturated heterocycles. The molecular weight excluding hydrogens is 422 g/mol. The molecule has 1 saturated carbocycles. The molecule has 3 heterocycles. The van der Waals surface area contributed by atoms with Crippen molar-refractivity contribution in [2.45, 2.75) is 51.7 Å². The third kappa shape index (κ3) is 3.61. The Morgan fingerprint density at radius 3 is 2.94 bits per heavy atom. The number of hydrogen-bond acceptors (Lipinski definition) is 5. The van der Waals surface area contributed by atoms with E-state index in [1.54, 1.807) is 6.20 Å². The largest absolute Gasteiger partial charge is 0.471 e. The predicted molar refractivity (Wildman–Crippen MR) is 125 cm³/mol. The molecular formula is C25H26ClN5O. The van der Waals surface area contributed by atoms with Crippen molar-refractivity contribution in [1.29, 1.82) is 5.26 Å². The number of rotatable bonds is 3. The van der Waals surface area contributed by atoms with Gasteiger partial charge in [0.05, 0.1) is 40.6 Å². The summed E-state index contributed by atoms with van der Waals surface area (Å²) in [7, 11) is 0. The molecule has 2 atom stereocenters. The molecule has 5 rings (SSSR count). The van der Waals surface area contributed by atoms with Crippen LogP contribution in [0.15, 0.2) is 54.8 Å². The highest BCUT2D eigenvalue weighted by molar-refractivity contribution is 6.33. The minimum absolute atomic E-state index is 0.0390. The number of fused-ring (bicyclic) bond motifs is 1. The topological polar surface area (TPSA) is 67.0 Å². The lowest BCUT2D eigenvalue weighted by Crippen LogP contribution is -2.45. The number of halogens is 1. The van der Waals surface area contributed by atoms with Gasteiger partial charge in [0.2, 0.25) is 0 Å². The summed E-state index contributed by atoms with van der Waals surface area (Å²) in [5.74, 6) is 1.57. The molecule has 7 heteroatoms. The smallest absolute Gasteiger partial charge is 0.191 e. The lowest BCUT2D eigenvalue weighted by molar-refractivity contribution is -0.0374. The van der Waals surface area contributed by atoms with Crippen molar-refractivity contribution >= 4 is 28.5 Å². The third-order valence-corrected chi connectivity index (χ3v) is 7.03. The van der Waals surface area contributed by atoms with Crippen molar-refractivity contribution in [1.82, 2.24) is 14.5 Å². The van der Waals surface area contributed by atoms with Crippen LogP contribution in [-0.2, 0) is 11.3 Å². The Hall–Kier alpha value is -3.04. The molecule has 1 aliphatic heterocycles. The highest BCUT2D eigenvalue weighted by Crippen LogP contribution is 2.50. The van der Waals surface area contributed by atoms with E-state index in [0.29, 0.717) is 10.6 Å². The van der Waals surface area contributed by atoms with E-state index in [2.05, 4.69) is 32.4 Å². The van der Waals surface area contributed by atoms with E-state index in [9.17, 15) is 5.26 Å². The number of benzene rings is 1. The summed E-state index contributed by atoms with van der Waals surface area (Å²) in [6, 6.07) is 11.6. The highest BCUT2D eigenvalue weighted by atomic mass is 35.5. The van der Waals surface area contributed by atoms with Crippen LogP contribution in [0.1, 0.15) is 45.1 Å². The average molecular weight is 448 g/mol. The molecule has 6 nitrogen and oxygen atoms in total. The summed E-state index contributed by atoms with van der Waals surface area (Å²) in [6.07, 6.45) is 9.80. The minimum Gasteiger partial charge on any atom is -0.471 e. The van der Waals surface area contributed by atoms with E-state index >= 15 is 0 Å². The third-order valence-electron chi connectivity index (χ3n) is 6.74. The molecule has 2 aliphatic rings. The zero-order valence-electron chi connectivity index (χ0n) is 18.4. The zero-order valence-corrected chi connectivity index (χ0v) is 19.1. The van der Waals surface area contributed by atoms with Gasteiger partial charge in [0.25, 0.3) is 0 Å². The maximum atomic E-state index is 9.30. The summed E-state index contributed by atoms with van der Waals surface area (Å²) in [6.45, 7) is 5.90. The Bertz CT molecular complexity index is 1240. The van der Waals surface area contributed by atoms with Gasteiger partial charge in [0.15, 0.2) is 11.7 Å². The van der Waals surface area contributed by atoms with Crippen LogP contribution < -0.4 is 4.90 Å². The maximum Gasteiger partial charge on any atom is 0.191 e. The van der Waals surface area contributed by atoms with Crippen LogP contribution in [0.4, 0.5) is 5.82 Å². The van der Waals surface area contributed by atoms with E-state index in [1.165, 1.54) is 0 Å². The molecule has 164 valence electrons. The van der Waals surface area contributed by atoms with Crippen molar-refractivity contribution in [3.63, 3.8) is 0 Å². The number of ether oxygens (including phenoxy) is 1. The molecule has 2 aromatic heterocycles. The summed E-state index contributed by atoms with van der Waals surface area (Å²) in [5.41, 5.74) is 2.35. The monoisotopic (exact) mass is 447 g/mol.